The molecule has 0 aromatic rings. The van der Waals surface area contributed by atoms with Crippen LogP contribution in [0.1, 0.15) is 76.2 Å². The van der Waals surface area contributed by atoms with Crippen LogP contribution in [0.25, 0.3) is 0 Å². The molecule has 0 radical (unpaired) electrons. The Labute approximate surface area is 368 Å². The van der Waals surface area contributed by atoms with Gasteiger partial charge in [-0.1, -0.05) is 63.7 Å². The number of alkyl halides is 4. The minimum absolute atomic E-state index is 0.193. The molecular formula is C36H60Br4O17. The molecule has 17 nitrogen and oxygen atoms in total. The van der Waals surface area contributed by atoms with Gasteiger partial charge in [0, 0.05) is 0 Å². The van der Waals surface area contributed by atoms with Crippen LogP contribution in [0.4, 0.5) is 0 Å². The van der Waals surface area contributed by atoms with Gasteiger partial charge < -0.3 is 58.3 Å². The second-order valence-electron chi connectivity index (χ2n) is 16.4. The van der Waals surface area contributed by atoms with Crippen LogP contribution in [-0.2, 0) is 61.9 Å². The minimum atomic E-state index is -1.88. The molecule has 21 heteroatoms. The van der Waals surface area contributed by atoms with Crippen molar-refractivity contribution in [2.75, 3.05) is 66.1 Å². The molecule has 0 saturated carbocycles. The zero-order valence-electron chi connectivity index (χ0n) is 34.4. The molecule has 0 fully saturated rings. The number of hydrogen-bond donors (Lipinski definition) is 4. The first-order valence-corrected chi connectivity index (χ1v) is 20.9. The largest absolute Gasteiger partial charge is 0.464 e. The summed E-state index contributed by atoms with van der Waals surface area (Å²) in [5.41, 5.74) is -5.23. The van der Waals surface area contributed by atoms with Crippen LogP contribution in [0.2, 0.25) is 0 Å². The Morgan fingerprint density at radius 2 is 0.860 bits per heavy atom. The number of halogens is 4. The van der Waals surface area contributed by atoms with Gasteiger partial charge in [0.15, 0.2) is 12.6 Å². The molecule has 334 valence electrons. The Bertz CT molecular complexity index is 1290. The van der Waals surface area contributed by atoms with E-state index in [0.29, 0.717) is 0 Å². The van der Waals surface area contributed by atoms with E-state index in [-0.39, 0.29) is 19.8 Å². The Hall–Kier alpha value is -1.01. The average Bonchev–Trinajstić information content (AvgIpc) is 3.09. The first-order valence-electron chi connectivity index (χ1n) is 17.7. The van der Waals surface area contributed by atoms with Crippen molar-refractivity contribution in [2.45, 2.75) is 112 Å². The third kappa shape index (κ3) is 20.4. The van der Waals surface area contributed by atoms with Gasteiger partial charge in [-0.2, -0.15) is 0 Å². The highest BCUT2D eigenvalue weighted by molar-refractivity contribution is 9.10. The smallest absolute Gasteiger partial charge is 0.322 e. The highest BCUT2D eigenvalue weighted by atomic mass is 79.9. The molecule has 0 aliphatic carbocycles. The van der Waals surface area contributed by atoms with Crippen LogP contribution >= 0.6 is 63.7 Å². The summed E-state index contributed by atoms with van der Waals surface area (Å²) >= 11 is 12.9. The van der Waals surface area contributed by atoms with Gasteiger partial charge >= 0.3 is 29.8 Å². The molecule has 0 aromatic heterocycles. The number of carbonyl (C=O) groups is 5. The summed E-state index contributed by atoms with van der Waals surface area (Å²) in [5.74, 6) is -4.18. The molecule has 0 bridgehead atoms. The standard InChI is InChI=1S/C36H60Br4O17/c1-30(2,37)23(43)52-16-35(10,17-53-24(44)31(3,4)38)28(48)56-20-34(9,27(47)51-13-12-50-15-22(42)14-41)21-57-29(49)36(11,18-54-25(45)32(5,6)39)19-55-26(46)33(7,8)40/h22-23,28,41-43,48H,12-21H2,1-11H3. The third-order valence-electron chi connectivity index (χ3n) is 7.84. The molecule has 0 saturated heterocycles. The second-order valence-corrected chi connectivity index (χ2v) is 24.4. The summed E-state index contributed by atoms with van der Waals surface area (Å²) in [4.78, 5) is 65.3. The van der Waals surface area contributed by atoms with Crippen molar-refractivity contribution >= 4 is 93.6 Å². The summed E-state index contributed by atoms with van der Waals surface area (Å²) in [6, 6.07) is 0. The van der Waals surface area contributed by atoms with Gasteiger partial charge in [0.25, 0.3) is 0 Å². The summed E-state index contributed by atoms with van der Waals surface area (Å²) < 4.78 is 39.5. The zero-order chi connectivity index (χ0) is 44.8. The maximum atomic E-state index is 13.8. The normalized spacial score (nSPS) is 16.6. The Kier molecular flexibility index (Phi) is 22.9. The van der Waals surface area contributed by atoms with Gasteiger partial charge in [-0.05, 0) is 76.2 Å². The van der Waals surface area contributed by atoms with E-state index in [0.717, 1.165) is 0 Å². The lowest BCUT2D eigenvalue weighted by atomic mass is 9.89. The minimum Gasteiger partial charge on any atom is -0.464 e. The zero-order valence-corrected chi connectivity index (χ0v) is 40.8. The third-order valence-corrected chi connectivity index (χ3v) is 9.20. The lowest BCUT2D eigenvalue weighted by molar-refractivity contribution is -0.236. The number of carbonyl (C=O) groups excluding carboxylic acids is 5. The maximum absolute atomic E-state index is 13.8. The number of aliphatic hydroxyl groups excluding tert-OH is 4. The van der Waals surface area contributed by atoms with Gasteiger partial charge in [-0.15, -0.1) is 0 Å². The fourth-order valence-electron chi connectivity index (χ4n) is 3.67. The van der Waals surface area contributed by atoms with Crippen LogP contribution in [0.5, 0.6) is 0 Å². The molecule has 5 atom stereocenters. The van der Waals surface area contributed by atoms with E-state index >= 15 is 0 Å². The van der Waals surface area contributed by atoms with Gasteiger partial charge in [-0.25, -0.2) is 0 Å². The van der Waals surface area contributed by atoms with Gasteiger partial charge in [0.1, 0.15) is 62.9 Å². The molecule has 0 spiro atoms. The number of rotatable bonds is 27. The van der Waals surface area contributed by atoms with E-state index in [2.05, 4.69) is 63.7 Å². The van der Waals surface area contributed by atoms with E-state index in [9.17, 15) is 39.3 Å². The predicted molar refractivity (Wildman–Crippen MR) is 219 cm³/mol. The van der Waals surface area contributed by atoms with Crippen molar-refractivity contribution in [1.29, 1.82) is 0 Å². The summed E-state index contributed by atoms with van der Waals surface area (Å²) in [5, 5.41) is 40.5. The number of hydrogen-bond acceptors (Lipinski definition) is 17. The van der Waals surface area contributed by atoms with Crippen molar-refractivity contribution < 1.29 is 82.3 Å². The fourth-order valence-corrected chi connectivity index (χ4v) is 4.14. The van der Waals surface area contributed by atoms with Crippen LogP contribution in [0.15, 0.2) is 0 Å². The second kappa shape index (κ2) is 23.3. The van der Waals surface area contributed by atoms with E-state index in [1.807, 2.05) is 0 Å². The molecule has 0 amide bonds. The topological polar surface area (TPSA) is 240 Å². The molecule has 0 aliphatic heterocycles. The van der Waals surface area contributed by atoms with E-state index in [4.69, 9.17) is 43.0 Å². The maximum Gasteiger partial charge on any atom is 0.322 e. The molecule has 57 heavy (non-hydrogen) atoms. The number of esters is 5. The molecule has 0 rings (SSSR count). The molecule has 4 N–H and O–H groups in total. The SMILES string of the molecule is CC(C)(Br)C(=O)OCC(C)(COC(=O)C(C)(C)Br)C(=O)OCC(C)(COC(O)C(C)(COC(=O)C(C)(C)Br)COC(O)C(C)(C)Br)C(=O)OCCOCC(O)CO. The Morgan fingerprint density at radius 1 is 0.491 bits per heavy atom. The average molecular weight is 1080 g/mol. The van der Waals surface area contributed by atoms with Gasteiger partial charge in [0.05, 0.1) is 42.8 Å². The monoisotopic (exact) mass is 1080 g/mol. The molecule has 0 aliphatic rings. The van der Waals surface area contributed by atoms with Crippen molar-refractivity contribution in [3.63, 3.8) is 0 Å². The lowest BCUT2D eigenvalue weighted by Crippen LogP contribution is -2.49. The fraction of sp³-hybridized carbons (Fsp3) is 0.861. The summed E-state index contributed by atoms with van der Waals surface area (Å²) in [6.07, 6.45) is -4.39. The van der Waals surface area contributed by atoms with E-state index < -0.39 is 128 Å². The number of aliphatic hydroxyl groups is 4. The highest BCUT2D eigenvalue weighted by Crippen LogP contribution is 2.32. The van der Waals surface area contributed by atoms with Crippen molar-refractivity contribution in [3.8, 4) is 0 Å². The molecule has 0 aromatic carbocycles. The quantitative estimate of drug-likeness (QED) is 0.0303. The van der Waals surface area contributed by atoms with Gasteiger partial charge in [0.2, 0.25) is 0 Å². The first-order chi connectivity index (χ1) is 25.6. The van der Waals surface area contributed by atoms with Crippen molar-refractivity contribution in [2.24, 2.45) is 16.2 Å². The van der Waals surface area contributed by atoms with Crippen LogP contribution in [0.3, 0.4) is 0 Å². The molecule has 0 heterocycles. The Balaban J connectivity index is 6.55. The van der Waals surface area contributed by atoms with E-state index in [1.165, 1.54) is 48.5 Å². The van der Waals surface area contributed by atoms with Crippen LogP contribution < -0.4 is 0 Å². The summed E-state index contributed by atoms with van der Waals surface area (Å²) in [6.45, 7) is 11.7. The van der Waals surface area contributed by atoms with Crippen LogP contribution in [0, 0.1) is 16.2 Å². The van der Waals surface area contributed by atoms with Crippen molar-refractivity contribution in [3.05, 3.63) is 0 Å². The first kappa shape index (κ1) is 56.0. The molecular weight excluding hydrogens is 1020 g/mol. The highest BCUT2D eigenvalue weighted by Gasteiger charge is 2.46. The number of ether oxygens (including phenoxy) is 8. The predicted octanol–water partition coefficient (Wildman–Crippen LogP) is 3.46. The van der Waals surface area contributed by atoms with Crippen LogP contribution in [-0.4, -0.2) is 152 Å². The van der Waals surface area contributed by atoms with Gasteiger partial charge in [-0.3, -0.25) is 24.0 Å². The lowest BCUT2D eigenvalue weighted by Gasteiger charge is -2.37. The molecule has 5 unspecified atom stereocenters. The summed E-state index contributed by atoms with van der Waals surface area (Å²) in [7, 11) is 0. The Morgan fingerprint density at radius 3 is 1.26 bits per heavy atom. The van der Waals surface area contributed by atoms with E-state index in [1.54, 1.807) is 27.7 Å². The van der Waals surface area contributed by atoms with Crippen molar-refractivity contribution in [1.82, 2.24) is 0 Å².